The average Bonchev–Trinajstić information content (AvgIpc) is 3.03. The molecule has 4 bridgehead atoms. The minimum absolute atomic E-state index is 0.145. The van der Waals surface area contributed by atoms with E-state index in [1.807, 2.05) is 66.7 Å². The average molecular weight is 583 g/mol. The Morgan fingerprint density at radius 2 is 1.16 bits per heavy atom. The molecule has 6 fully saturated rings. The maximum Gasteiger partial charge on any atom is 0.187 e. The quantitative estimate of drug-likeness (QED) is 0.271. The Kier molecular flexibility index (Phi) is 7.84. The molecule has 2 aliphatic heterocycles. The van der Waals surface area contributed by atoms with Gasteiger partial charge in [0.1, 0.15) is 24.4 Å². The molecule has 9 rings (SSSR count). The van der Waals surface area contributed by atoms with Gasteiger partial charge in [-0.05, 0) is 67.4 Å². The maximum atomic E-state index is 7.20. The first-order chi connectivity index (χ1) is 21.2. The van der Waals surface area contributed by atoms with Gasteiger partial charge in [0.25, 0.3) is 0 Å². The van der Waals surface area contributed by atoms with Crippen LogP contribution >= 0.6 is 0 Å². The number of benzene rings is 3. The summed E-state index contributed by atoms with van der Waals surface area (Å²) in [6.45, 7) is 1.29. The molecule has 0 radical (unpaired) electrons. The van der Waals surface area contributed by atoms with Gasteiger partial charge in [-0.2, -0.15) is 0 Å². The molecule has 43 heavy (non-hydrogen) atoms. The van der Waals surface area contributed by atoms with E-state index < -0.39 is 24.8 Å². The van der Waals surface area contributed by atoms with Crippen LogP contribution in [0.2, 0.25) is 0 Å². The highest BCUT2D eigenvalue weighted by atomic mass is 16.8. The number of hydrogen-bond acceptors (Lipinski definition) is 6. The third kappa shape index (κ3) is 5.94. The van der Waals surface area contributed by atoms with Crippen molar-refractivity contribution < 1.29 is 28.4 Å². The van der Waals surface area contributed by atoms with E-state index in [0.29, 0.717) is 19.8 Å². The van der Waals surface area contributed by atoms with E-state index in [1.165, 1.54) is 19.3 Å². The fraction of sp³-hybridized carbons (Fsp3) is 0.514. The SMILES string of the molecule is c1ccc(COC2[C@H](OC34CC5CC(CC(C5)C3)C4)OC3COC(c4ccccc4)O[C@H]3[C@@H]2OCc2ccccc2)cc1. The molecule has 6 aliphatic rings. The highest BCUT2D eigenvalue weighted by Crippen LogP contribution is 2.58. The lowest BCUT2D eigenvalue weighted by Gasteiger charge is -2.58. The van der Waals surface area contributed by atoms with Gasteiger partial charge in [-0.1, -0.05) is 91.0 Å². The Balaban J connectivity index is 1.10. The highest BCUT2D eigenvalue weighted by Gasteiger charge is 2.57. The molecule has 3 unspecified atom stereocenters. The fourth-order valence-electron chi connectivity index (χ4n) is 8.74. The summed E-state index contributed by atoms with van der Waals surface area (Å²) in [6, 6.07) is 30.7. The predicted molar refractivity (Wildman–Crippen MR) is 161 cm³/mol. The third-order valence-electron chi connectivity index (χ3n) is 10.3. The molecular formula is C37H42O6. The van der Waals surface area contributed by atoms with Crippen molar-refractivity contribution in [3.8, 4) is 0 Å². The van der Waals surface area contributed by atoms with Crippen LogP contribution in [-0.2, 0) is 41.6 Å². The monoisotopic (exact) mass is 582 g/mol. The van der Waals surface area contributed by atoms with E-state index >= 15 is 0 Å². The van der Waals surface area contributed by atoms with Crippen molar-refractivity contribution in [3.05, 3.63) is 108 Å². The Morgan fingerprint density at radius 3 is 1.74 bits per heavy atom. The third-order valence-corrected chi connectivity index (χ3v) is 10.3. The zero-order valence-corrected chi connectivity index (χ0v) is 24.7. The molecule has 4 aliphatic carbocycles. The lowest BCUT2D eigenvalue weighted by molar-refractivity contribution is -0.391. The molecule has 3 aromatic rings. The van der Waals surface area contributed by atoms with Crippen LogP contribution in [0.1, 0.15) is 61.5 Å². The van der Waals surface area contributed by atoms with E-state index in [2.05, 4.69) is 24.3 Å². The van der Waals surface area contributed by atoms with Crippen LogP contribution in [0, 0.1) is 17.8 Å². The Bertz CT molecular complexity index is 1300. The van der Waals surface area contributed by atoms with E-state index in [-0.39, 0.29) is 17.8 Å². The summed E-state index contributed by atoms with van der Waals surface area (Å²) in [5.74, 6) is 2.30. The lowest BCUT2D eigenvalue weighted by Crippen LogP contribution is -2.65. The predicted octanol–water partition coefficient (Wildman–Crippen LogP) is 6.98. The number of rotatable bonds is 9. The van der Waals surface area contributed by atoms with E-state index in [1.54, 1.807) is 0 Å². The van der Waals surface area contributed by atoms with Crippen LogP contribution in [0.4, 0.5) is 0 Å². The summed E-state index contributed by atoms with van der Waals surface area (Å²) in [7, 11) is 0. The molecule has 6 nitrogen and oxygen atoms in total. The van der Waals surface area contributed by atoms with E-state index in [9.17, 15) is 0 Å². The van der Waals surface area contributed by atoms with Gasteiger partial charge >= 0.3 is 0 Å². The Morgan fingerprint density at radius 1 is 0.628 bits per heavy atom. The van der Waals surface area contributed by atoms with Gasteiger partial charge in [-0.25, -0.2) is 0 Å². The second kappa shape index (κ2) is 12.1. The zero-order chi connectivity index (χ0) is 28.6. The van der Waals surface area contributed by atoms with Gasteiger partial charge in [0.05, 0.1) is 25.4 Å². The largest absolute Gasteiger partial charge is 0.368 e. The van der Waals surface area contributed by atoms with E-state index in [4.69, 9.17) is 28.4 Å². The van der Waals surface area contributed by atoms with Crippen LogP contribution in [-0.4, -0.2) is 42.9 Å². The molecule has 0 spiro atoms. The summed E-state index contributed by atoms with van der Waals surface area (Å²) >= 11 is 0. The van der Waals surface area contributed by atoms with Gasteiger partial charge in [-0.3, -0.25) is 0 Å². The van der Waals surface area contributed by atoms with Crippen molar-refractivity contribution in [2.24, 2.45) is 17.8 Å². The molecule has 4 saturated carbocycles. The van der Waals surface area contributed by atoms with Gasteiger partial charge in [0.2, 0.25) is 0 Å². The van der Waals surface area contributed by atoms with Crippen LogP contribution < -0.4 is 0 Å². The Labute approximate surface area is 254 Å². The van der Waals surface area contributed by atoms with Gasteiger partial charge in [0.15, 0.2) is 12.6 Å². The molecule has 3 aromatic carbocycles. The van der Waals surface area contributed by atoms with Crippen LogP contribution in [0.5, 0.6) is 0 Å². The van der Waals surface area contributed by atoms with Crippen molar-refractivity contribution in [2.75, 3.05) is 6.61 Å². The normalized spacial score (nSPS) is 38.1. The second-order valence-electron chi connectivity index (χ2n) is 13.5. The smallest absolute Gasteiger partial charge is 0.187 e. The molecule has 2 heterocycles. The summed E-state index contributed by atoms with van der Waals surface area (Å²) in [4.78, 5) is 0. The molecule has 0 N–H and O–H groups in total. The topological polar surface area (TPSA) is 55.4 Å². The lowest BCUT2D eigenvalue weighted by atomic mass is 9.54. The van der Waals surface area contributed by atoms with Crippen molar-refractivity contribution in [1.29, 1.82) is 0 Å². The second-order valence-corrected chi connectivity index (χ2v) is 13.5. The standard InChI is InChI=1S/C37H42O6/c1-4-10-25(11-5-1)22-38-33-32-31(24-40-35(42-32)30-14-8-3-9-15-30)41-36(34(33)39-23-26-12-6-2-7-13-26)43-37-19-27-16-28(20-37)18-29(17-27)21-37/h1-15,27-29,31-36H,16-24H2/t27?,28?,29?,31?,32-,33+,34?,35?,36+,37?/m1/s1. The van der Waals surface area contributed by atoms with E-state index in [0.717, 1.165) is 53.7 Å². The first kappa shape index (κ1) is 27.9. The minimum atomic E-state index is -0.567. The van der Waals surface area contributed by atoms with Gasteiger partial charge < -0.3 is 28.4 Å². The van der Waals surface area contributed by atoms with Gasteiger partial charge in [0, 0.05) is 5.56 Å². The molecule has 6 atom stereocenters. The van der Waals surface area contributed by atoms with Crippen molar-refractivity contribution in [1.82, 2.24) is 0 Å². The number of hydrogen-bond donors (Lipinski definition) is 0. The zero-order valence-electron chi connectivity index (χ0n) is 24.7. The number of ether oxygens (including phenoxy) is 6. The van der Waals surface area contributed by atoms with Crippen molar-refractivity contribution >= 4 is 0 Å². The van der Waals surface area contributed by atoms with Gasteiger partial charge in [-0.15, -0.1) is 0 Å². The molecule has 2 saturated heterocycles. The fourth-order valence-corrected chi connectivity index (χ4v) is 8.74. The minimum Gasteiger partial charge on any atom is -0.368 e. The summed E-state index contributed by atoms with van der Waals surface area (Å²) in [5, 5.41) is 0. The summed E-state index contributed by atoms with van der Waals surface area (Å²) in [6.07, 6.45) is 4.81. The van der Waals surface area contributed by atoms with Crippen molar-refractivity contribution in [2.45, 2.75) is 94.3 Å². The van der Waals surface area contributed by atoms with Crippen molar-refractivity contribution in [3.63, 3.8) is 0 Å². The molecule has 6 heteroatoms. The summed E-state index contributed by atoms with van der Waals surface area (Å²) < 4.78 is 40.6. The first-order valence-electron chi connectivity index (χ1n) is 16.2. The maximum absolute atomic E-state index is 7.20. The molecule has 0 amide bonds. The summed E-state index contributed by atoms with van der Waals surface area (Å²) in [5.41, 5.74) is 3.05. The van der Waals surface area contributed by atoms with Crippen LogP contribution in [0.25, 0.3) is 0 Å². The Hall–Kier alpha value is -2.58. The van der Waals surface area contributed by atoms with Crippen LogP contribution in [0.15, 0.2) is 91.0 Å². The number of fused-ring (bicyclic) bond motifs is 1. The molecule has 226 valence electrons. The molecular weight excluding hydrogens is 540 g/mol. The highest BCUT2D eigenvalue weighted by molar-refractivity contribution is 5.18. The molecule has 0 aromatic heterocycles. The first-order valence-corrected chi connectivity index (χ1v) is 16.2. The van der Waals surface area contributed by atoms with Crippen LogP contribution in [0.3, 0.4) is 0 Å².